The molecule has 0 bridgehead atoms. The summed E-state index contributed by atoms with van der Waals surface area (Å²) in [5.74, 6) is 0. The number of anilines is 1. The lowest BCUT2D eigenvalue weighted by Gasteiger charge is -2.35. The van der Waals surface area contributed by atoms with E-state index in [0.717, 1.165) is 42.8 Å². The zero-order valence-electron chi connectivity index (χ0n) is 11.6. The van der Waals surface area contributed by atoms with Crippen LogP contribution in [0.5, 0.6) is 0 Å². The lowest BCUT2D eigenvalue weighted by molar-refractivity contribution is 0.247. The molecular formula is C15H18ClN3S. The number of hydrogen-bond donors (Lipinski definition) is 0. The van der Waals surface area contributed by atoms with Crippen LogP contribution in [-0.2, 0) is 6.54 Å². The van der Waals surface area contributed by atoms with Gasteiger partial charge in [-0.25, -0.2) is 4.98 Å². The second-order valence-electron chi connectivity index (χ2n) is 5.10. The Morgan fingerprint density at radius 3 is 2.70 bits per heavy atom. The topological polar surface area (TPSA) is 19.4 Å². The average Bonchev–Trinajstić information content (AvgIpc) is 2.85. The molecule has 0 unspecified atom stereocenters. The third-order valence-electron chi connectivity index (χ3n) is 3.60. The third kappa shape index (κ3) is 3.32. The molecule has 0 atom stereocenters. The molecule has 3 nitrogen and oxygen atoms in total. The molecule has 0 saturated carbocycles. The molecule has 0 spiro atoms. The maximum Gasteiger partial charge on any atom is 0.0897 e. The minimum atomic E-state index is 0.808. The zero-order valence-corrected chi connectivity index (χ0v) is 13.1. The highest BCUT2D eigenvalue weighted by molar-refractivity contribution is 7.09. The summed E-state index contributed by atoms with van der Waals surface area (Å²) in [4.78, 5) is 9.40. The molecule has 5 heteroatoms. The lowest BCUT2D eigenvalue weighted by Crippen LogP contribution is -2.46. The maximum atomic E-state index is 6.06. The van der Waals surface area contributed by atoms with Crippen LogP contribution in [0.3, 0.4) is 0 Å². The van der Waals surface area contributed by atoms with Gasteiger partial charge in [0.25, 0.3) is 0 Å². The quantitative estimate of drug-likeness (QED) is 0.866. The van der Waals surface area contributed by atoms with Crippen LogP contribution in [0.4, 0.5) is 5.69 Å². The summed E-state index contributed by atoms with van der Waals surface area (Å²) in [6, 6.07) is 8.11. The summed E-state index contributed by atoms with van der Waals surface area (Å²) in [5, 5.41) is 4.12. The van der Waals surface area contributed by atoms with E-state index in [1.165, 1.54) is 11.4 Å². The number of nitrogens with zero attached hydrogens (tertiary/aromatic N) is 3. The van der Waals surface area contributed by atoms with Crippen molar-refractivity contribution in [1.82, 2.24) is 9.88 Å². The van der Waals surface area contributed by atoms with E-state index in [1.807, 2.05) is 18.2 Å². The Hall–Kier alpha value is -1.10. The van der Waals surface area contributed by atoms with Gasteiger partial charge < -0.3 is 4.90 Å². The first-order valence-electron chi connectivity index (χ1n) is 6.84. The first-order valence-corrected chi connectivity index (χ1v) is 8.10. The van der Waals surface area contributed by atoms with E-state index >= 15 is 0 Å². The highest BCUT2D eigenvalue weighted by atomic mass is 35.5. The van der Waals surface area contributed by atoms with E-state index in [-0.39, 0.29) is 0 Å². The van der Waals surface area contributed by atoms with Crippen LogP contribution in [0.2, 0.25) is 5.02 Å². The molecule has 1 aromatic carbocycles. The predicted octanol–water partition coefficient (Wildman–Crippen LogP) is 3.43. The van der Waals surface area contributed by atoms with Crippen molar-refractivity contribution in [1.29, 1.82) is 0 Å². The summed E-state index contributed by atoms with van der Waals surface area (Å²) in [6.45, 7) is 7.26. The van der Waals surface area contributed by atoms with Crippen molar-refractivity contribution in [3.05, 3.63) is 45.4 Å². The van der Waals surface area contributed by atoms with E-state index in [0.29, 0.717) is 0 Å². The van der Waals surface area contributed by atoms with E-state index in [4.69, 9.17) is 11.6 Å². The molecule has 0 amide bonds. The van der Waals surface area contributed by atoms with Gasteiger partial charge in [0.2, 0.25) is 0 Å². The third-order valence-corrected chi connectivity index (χ3v) is 4.66. The van der Waals surface area contributed by atoms with Crippen LogP contribution in [0.1, 0.15) is 10.7 Å². The largest absolute Gasteiger partial charge is 0.369 e. The Bertz CT molecular complexity index is 576. The van der Waals surface area contributed by atoms with Crippen molar-refractivity contribution < 1.29 is 0 Å². The monoisotopic (exact) mass is 307 g/mol. The number of benzene rings is 1. The fourth-order valence-corrected chi connectivity index (χ4v) is 3.34. The standard InChI is InChI=1S/C15H18ClN3S/c1-12-17-14(11-20-12)10-18-5-7-19(8-6-18)15-4-2-3-13(16)9-15/h2-4,9,11H,5-8,10H2,1H3. The molecule has 2 heterocycles. The summed E-state index contributed by atoms with van der Waals surface area (Å²) < 4.78 is 0. The first kappa shape index (κ1) is 13.9. The van der Waals surface area contributed by atoms with E-state index in [2.05, 4.69) is 33.2 Å². The number of piperazine rings is 1. The lowest BCUT2D eigenvalue weighted by atomic mass is 10.2. The molecule has 0 N–H and O–H groups in total. The van der Waals surface area contributed by atoms with Gasteiger partial charge >= 0.3 is 0 Å². The van der Waals surface area contributed by atoms with E-state index < -0.39 is 0 Å². The number of hydrogen-bond acceptors (Lipinski definition) is 4. The van der Waals surface area contributed by atoms with Gasteiger partial charge in [0, 0.05) is 48.8 Å². The summed E-state index contributed by atoms with van der Waals surface area (Å²) >= 11 is 7.79. The Kier molecular flexibility index (Phi) is 4.24. The highest BCUT2D eigenvalue weighted by Gasteiger charge is 2.18. The highest BCUT2D eigenvalue weighted by Crippen LogP contribution is 2.21. The second-order valence-corrected chi connectivity index (χ2v) is 6.60. The van der Waals surface area contributed by atoms with Crippen molar-refractivity contribution in [2.75, 3.05) is 31.1 Å². The van der Waals surface area contributed by atoms with Crippen LogP contribution >= 0.6 is 22.9 Å². The van der Waals surface area contributed by atoms with Gasteiger partial charge in [-0.2, -0.15) is 0 Å². The van der Waals surface area contributed by atoms with Crippen molar-refractivity contribution in [3.63, 3.8) is 0 Å². The van der Waals surface area contributed by atoms with Crippen molar-refractivity contribution in [2.45, 2.75) is 13.5 Å². The molecule has 2 aromatic rings. The predicted molar refractivity (Wildman–Crippen MR) is 85.8 cm³/mol. The molecular weight excluding hydrogens is 290 g/mol. The Morgan fingerprint density at radius 2 is 2.05 bits per heavy atom. The Labute approximate surface area is 128 Å². The van der Waals surface area contributed by atoms with Gasteiger partial charge in [-0.05, 0) is 25.1 Å². The molecule has 1 aliphatic rings. The number of halogens is 1. The van der Waals surface area contributed by atoms with Crippen molar-refractivity contribution in [3.8, 4) is 0 Å². The summed E-state index contributed by atoms with van der Waals surface area (Å²) in [6.07, 6.45) is 0. The normalized spacial score (nSPS) is 16.6. The van der Waals surface area contributed by atoms with Gasteiger partial charge in [-0.1, -0.05) is 17.7 Å². The maximum absolute atomic E-state index is 6.06. The van der Waals surface area contributed by atoms with Crippen molar-refractivity contribution in [2.24, 2.45) is 0 Å². The Morgan fingerprint density at radius 1 is 1.25 bits per heavy atom. The van der Waals surface area contributed by atoms with Gasteiger partial charge in [0.15, 0.2) is 0 Å². The molecule has 0 aliphatic carbocycles. The fourth-order valence-electron chi connectivity index (χ4n) is 2.55. The van der Waals surface area contributed by atoms with Gasteiger partial charge in [0.1, 0.15) is 0 Å². The van der Waals surface area contributed by atoms with Crippen LogP contribution in [-0.4, -0.2) is 36.1 Å². The molecule has 106 valence electrons. The van der Waals surface area contributed by atoms with Crippen LogP contribution in [0, 0.1) is 6.92 Å². The first-order chi connectivity index (χ1) is 9.70. The minimum Gasteiger partial charge on any atom is -0.369 e. The van der Waals surface area contributed by atoms with Crippen molar-refractivity contribution >= 4 is 28.6 Å². The fraction of sp³-hybridized carbons (Fsp3) is 0.400. The molecule has 3 rings (SSSR count). The van der Waals surface area contributed by atoms with E-state index in [9.17, 15) is 0 Å². The second kappa shape index (κ2) is 6.12. The smallest absolute Gasteiger partial charge is 0.0897 e. The minimum absolute atomic E-state index is 0.808. The van der Waals surface area contributed by atoms with Crippen LogP contribution in [0.15, 0.2) is 29.6 Å². The number of aromatic nitrogens is 1. The van der Waals surface area contributed by atoms with Crippen LogP contribution < -0.4 is 4.90 Å². The summed E-state index contributed by atoms with van der Waals surface area (Å²) in [5.41, 5.74) is 2.42. The average molecular weight is 308 g/mol. The van der Waals surface area contributed by atoms with E-state index in [1.54, 1.807) is 11.3 Å². The van der Waals surface area contributed by atoms with Gasteiger partial charge in [-0.15, -0.1) is 11.3 Å². The number of thiazole rings is 1. The number of rotatable bonds is 3. The molecule has 1 aliphatic heterocycles. The van der Waals surface area contributed by atoms with Gasteiger partial charge in [-0.3, -0.25) is 4.90 Å². The molecule has 1 fully saturated rings. The zero-order chi connectivity index (χ0) is 13.9. The Balaban J connectivity index is 1.57. The molecule has 0 radical (unpaired) electrons. The number of aryl methyl sites for hydroxylation is 1. The molecule has 1 aromatic heterocycles. The van der Waals surface area contributed by atoms with Crippen LogP contribution in [0.25, 0.3) is 0 Å². The SMILES string of the molecule is Cc1nc(CN2CCN(c3cccc(Cl)c3)CC2)cs1. The molecule has 1 saturated heterocycles. The van der Waals surface area contributed by atoms with Gasteiger partial charge in [0.05, 0.1) is 10.7 Å². The summed E-state index contributed by atoms with van der Waals surface area (Å²) in [7, 11) is 0. The molecule has 20 heavy (non-hydrogen) atoms.